The zero-order chi connectivity index (χ0) is 28.8. The molecule has 1 fully saturated rings. The van der Waals surface area contributed by atoms with Crippen molar-refractivity contribution in [3.05, 3.63) is 65.7 Å². The fourth-order valence-corrected chi connectivity index (χ4v) is 2.72. The van der Waals surface area contributed by atoms with Crippen LogP contribution < -0.4 is 22.5 Å². The van der Waals surface area contributed by atoms with Crippen LogP contribution in [0.25, 0.3) is 0 Å². The van der Waals surface area contributed by atoms with Crippen LogP contribution in [0.3, 0.4) is 0 Å². The van der Waals surface area contributed by atoms with Crippen LogP contribution in [0.5, 0.6) is 0 Å². The highest BCUT2D eigenvalue weighted by Crippen LogP contribution is 2.07. The van der Waals surface area contributed by atoms with Gasteiger partial charge in [0.05, 0.1) is 12.8 Å². The maximum absolute atomic E-state index is 10.6. The number of ether oxygens (including phenoxy) is 1. The van der Waals surface area contributed by atoms with Crippen molar-refractivity contribution < 1.29 is 33.8 Å². The molecule has 11 nitrogen and oxygen atoms in total. The molecule has 2 aromatic rings. The Morgan fingerprint density at radius 2 is 1.55 bits per heavy atom. The Labute approximate surface area is 222 Å². The van der Waals surface area contributed by atoms with Gasteiger partial charge in [-0.3, -0.25) is 24.0 Å². The van der Waals surface area contributed by atoms with Gasteiger partial charge in [0, 0.05) is 18.2 Å². The van der Waals surface area contributed by atoms with E-state index < -0.39 is 23.9 Å². The lowest BCUT2D eigenvalue weighted by Gasteiger charge is -2.03. The molecule has 1 aliphatic heterocycles. The molecule has 3 rings (SSSR count). The number of hydrogen-bond donors (Lipinski definition) is 5. The minimum absolute atomic E-state index is 0.117. The van der Waals surface area contributed by atoms with Gasteiger partial charge in [0.2, 0.25) is 5.91 Å². The van der Waals surface area contributed by atoms with Crippen LogP contribution in [0.4, 0.5) is 5.69 Å². The number of carboxylic acid groups (broad SMARTS) is 1. The number of anilines is 1. The highest BCUT2D eigenvalue weighted by molar-refractivity contribution is 5.92. The van der Waals surface area contributed by atoms with Gasteiger partial charge in [-0.2, -0.15) is 0 Å². The molecule has 0 saturated carbocycles. The number of unbranched alkanes of at least 4 members (excludes halogenated alkanes) is 1. The Morgan fingerprint density at radius 3 is 1.95 bits per heavy atom. The molecule has 0 radical (unpaired) electrons. The molecule has 0 unspecified atom stereocenters. The van der Waals surface area contributed by atoms with Gasteiger partial charge >= 0.3 is 17.9 Å². The summed E-state index contributed by atoms with van der Waals surface area (Å²) in [6, 6.07) is 16.2. The average Bonchev–Trinajstić information content (AvgIpc) is 3.28. The van der Waals surface area contributed by atoms with E-state index in [1.807, 2.05) is 18.2 Å². The van der Waals surface area contributed by atoms with E-state index in [9.17, 15) is 24.0 Å². The van der Waals surface area contributed by atoms with Crippen LogP contribution in [0.2, 0.25) is 0 Å². The SMILES string of the molecule is CC(=O)Nc1ccc(C=O)cc1.NCCCC[C@H](N)C(=O)O.NCCc1ccccc1.O=C1CCC(=O)O1. The molecule has 8 N–H and O–H groups in total. The van der Waals surface area contributed by atoms with Crippen molar-refractivity contribution in [2.24, 2.45) is 17.2 Å². The summed E-state index contributed by atoms with van der Waals surface area (Å²) in [7, 11) is 0. The quantitative estimate of drug-likeness (QED) is 0.138. The Bertz CT molecular complexity index is 969. The van der Waals surface area contributed by atoms with Crippen LogP contribution >= 0.6 is 0 Å². The fraction of sp³-hybridized carbons (Fsp3) is 0.370. The standard InChI is InChI=1S/C9H9NO2.C8H11N.C6H14N2O2.C4H4O3/c1-7(12)10-9-4-2-8(6-11)3-5-9;9-7-6-8-4-2-1-3-5-8;7-4-2-1-3-5(8)6(9)10;5-3-1-2-4(6)7-3/h2-6H,1H3,(H,10,12);1-5H,6-7,9H2;5H,1-4,7-8H2,(H,9,10);1-2H2/t;;5-;/m..0./s1. The summed E-state index contributed by atoms with van der Waals surface area (Å²) in [4.78, 5) is 51.0. The largest absolute Gasteiger partial charge is 0.480 e. The van der Waals surface area contributed by atoms with Crippen molar-refractivity contribution in [3.63, 3.8) is 0 Å². The van der Waals surface area contributed by atoms with Crippen LogP contribution in [0.15, 0.2) is 54.6 Å². The number of rotatable bonds is 9. The van der Waals surface area contributed by atoms with E-state index in [-0.39, 0.29) is 18.7 Å². The highest BCUT2D eigenvalue weighted by Gasteiger charge is 2.19. The Morgan fingerprint density at radius 1 is 0.974 bits per heavy atom. The summed E-state index contributed by atoms with van der Waals surface area (Å²) in [5, 5.41) is 10.9. The van der Waals surface area contributed by atoms with E-state index >= 15 is 0 Å². The summed E-state index contributed by atoms with van der Waals surface area (Å²) in [5.41, 5.74) is 18.4. The normalized spacial score (nSPS) is 12.2. The average molecular weight is 531 g/mol. The van der Waals surface area contributed by atoms with Gasteiger partial charge in [-0.05, 0) is 62.2 Å². The fourth-order valence-electron chi connectivity index (χ4n) is 2.72. The summed E-state index contributed by atoms with van der Waals surface area (Å²) in [5.74, 6) is -1.85. The predicted molar refractivity (Wildman–Crippen MR) is 144 cm³/mol. The Balaban J connectivity index is 0.000000488. The first-order valence-corrected chi connectivity index (χ1v) is 12.1. The van der Waals surface area contributed by atoms with Crippen molar-refractivity contribution in [1.29, 1.82) is 0 Å². The molecule has 1 amide bonds. The van der Waals surface area contributed by atoms with E-state index in [1.165, 1.54) is 12.5 Å². The third kappa shape index (κ3) is 18.4. The number of carbonyl (C=O) groups excluding carboxylic acids is 4. The summed E-state index contributed by atoms with van der Waals surface area (Å²) in [6.07, 6.45) is 4.44. The third-order valence-electron chi connectivity index (χ3n) is 4.69. The van der Waals surface area contributed by atoms with Crippen molar-refractivity contribution in [2.45, 2.75) is 51.5 Å². The van der Waals surface area contributed by atoms with Gasteiger partial charge in [0.15, 0.2) is 0 Å². The zero-order valence-electron chi connectivity index (χ0n) is 21.6. The number of carboxylic acids is 1. The molecule has 2 aromatic carbocycles. The van der Waals surface area contributed by atoms with E-state index in [0.29, 0.717) is 24.2 Å². The number of benzene rings is 2. The molecule has 0 aliphatic carbocycles. The molecule has 38 heavy (non-hydrogen) atoms. The number of amides is 1. The number of carbonyl (C=O) groups is 5. The molecule has 208 valence electrons. The molecule has 0 spiro atoms. The number of nitrogens with two attached hydrogens (primary N) is 3. The molecule has 1 atom stereocenters. The van der Waals surface area contributed by atoms with E-state index in [4.69, 9.17) is 22.3 Å². The molecular weight excluding hydrogens is 492 g/mol. The Hall–Kier alpha value is -3.93. The van der Waals surface area contributed by atoms with Gasteiger partial charge in [-0.15, -0.1) is 0 Å². The molecule has 0 bridgehead atoms. The minimum atomic E-state index is -0.933. The zero-order valence-corrected chi connectivity index (χ0v) is 21.6. The number of hydrogen-bond acceptors (Lipinski definition) is 9. The van der Waals surface area contributed by atoms with Crippen LogP contribution in [-0.4, -0.2) is 54.3 Å². The number of esters is 2. The van der Waals surface area contributed by atoms with Crippen LogP contribution in [0.1, 0.15) is 54.9 Å². The van der Waals surface area contributed by atoms with E-state index in [1.54, 1.807) is 24.3 Å². The van der Waals surface area contributed by atoms with Crippen molar-refractivity contribution in [1.82, 2.24) is 0 Å². The molecule has 0 aromatic heterocycles. The first-order valence-electron chi connectivity index (χ1n) is 12.1. The number of aliphatic carboxylic acids is 1. The second-order valence-electron chi connectivity index (χ2n) is 8.02. The first kappa shape index (κ1) is 34.1. The lowest BCUT2D eigenvalue weighted by Crippen LogP contribution is -2.29. The van der Waals surface area contributed by atoms with Gasteiger partial charge in [0.1, 0.15) is 12.3 Å². The molecule has 11 heteroatoms. The van der Waals surface area contributed by atoms with Crippen molar-refractivity contribution >= 4 is 35.8 Å². The number of aldehydes is 1. The number of nitrogens with one attached hydrogen (secondary N) is 1. The first-order chi connectivity index (χ1) is 18.1. The second kappa shape index (κ2) is 21.2. The van der Waals surface area contributed by atoms with Gasteiger partial charge in [-0.25, -0.2) is 0 Å². The van der Waals surface area contributed by atoms with Gasteiger partial charge < -0.3 is 32.4 Å². The smallest absolute Gasteiger partial charge is 0.320 e. The molecular formula is C27H38N4O7. The third-order valence-corrected chi connectivity index (χ3v) is 4.69. The van der Waals surface area contributed by atoms with Crippen molar-refractivity contribution in [3.8, 4) is 0 Å². The summed E-state index contributed by atoms with van der Waals surface area (Å²) < 4.78 is 4.08. The molecule has 1 aliphatic rings. The second-order valence-corrected chi connectivity index (χ2v) is 8.02. The van der Waals surface area contributed by atoms with Gasteiger partial charge in [0.25, 0.3) is 0 Å². The van der Waals surface area contributed by atoms with Crippen LogP contribution in [0, 0.1) is 0 Å². The lowest BCUT2D eigenvalue weighted by molar-refractivity contribution is -0.152. The topological polar surface area (TPSA) is 205 Å². The maximum Gasteiger partial charge on any atom is 0.320 e. The summed E-state index contributed by atoms with van der Waals surface area (Å²) in [6.45, 7) is 2.78. The minimum Gasteiger partial charge on any atom is -0.480 e. The Kier molecular flexibility index (Phi) is 19.0. The predicted octanol–water partition coefficient (Wildman–Crippen LogP) is 2.02. The summed E-state index contributed by atoms with van der Waals surface area (Å²) >= 11 is 0. The monoisotopic (exact) mass is 530 g/mol. The van der Waals surface area contributed by atoms with E-state index in [0.717, 1.165) is 32.1 Å². The molecule has 1 heterocycles. The highest BCUT2D eigenvalue weighted by atomic mass is 16.6. The molecule has 1 saturated heterocycles. The van der Waals surface area contributed by atoms with E-state index in [2.05, 4.69) is 22.2 Å². The van der Waals surface area contributed by atoms with Crippen molar-refractivity contribution in [2.75, 3.05) is 18.4 Å². The number of cyclic esters (lactones) is 2. The van der Waals surface area contributed by atoms with Crippen LogP contribution in [-0.2, 0) is 30.3 Å². The maximum atomic E-state index is 10.6. The van der Waals surface area contributed by atoms with Gasteiger partial charge in [-0.1, -0.05) is 36.8 Å². The lowest BCUT2D eigenvalue weighted by atomic mass is 10.1.